The molecule has 5 nitrogen and oxygen atoms in total. The quantitative estimate of drug-likeness (QED) is 0.625. The fraction of sp³-hybridized carbons (Fsp3) is 0.950. The van der Waals surface area contributed by atoms with E-state index in [1.807, 2.05) is 0 Å². The zero-order chi connectivity index (χ0) is 17.4. The van der Waals surface area contributed by atoms with E-state index >= 15 is 0 Å². The van der Waals surface area contributed by atoms with Crippen LogP contribution in [0, 0.1) is 11.8 Å². The molecule has 0 amide bonds. The molecule has 4 aliphatic heterocycles. The minimum absolute atomic E-state index is 0.524. The Kier molecular flexibility index (Phi) is 5.23. The van der Waals surface area contributed by atoms with Crippen LogP contribution in [0.3, 0.4) is 0 Å². The van der Waals surface area contributed by atoms with Gasteiger partial charge in [-0.25, -0.2) is 0 Å². The molecule has 0 saturated carbocycles. The van der Waals surface area contributed by atoms with Crippen molar-refractivity contribution in [2.75, 3.05) is 32.7 Å². The lowest BCUT2D eigenvalue weighted by atomic mass is 9.82. The smallest absolute Gasteiger partial charge is 0.193 e. The van der Waals surface area contributed by atoms with Gasteiger partial charge < -0.3 is 15.0 Å². The van der Waals surface area contributed by atoms with Gasteiger partial charge in [0.15, 0.2) is 5.96 Å². The summed E-state index contributed by atoms with van der Waals surface area (Å²) < 4.78 is 6.12. The molecule has 0 aromatic heterocycles. The van der Waals surface area contributed by atoms with E-state index in [9.17, 15) is 0 Å². The van der Waals surface area contributed by atoms with Crippen molar-refractivity contribution in [2.24, 2.45) is 16.8 Å². The molecule has 0 aromatic carbocycles. The summed E-state index contributed by atoms with van der Waals surface area (Å²) in [7, 11) is 0. The van der Waals surface area contributed by atoms with Gasteiger partial charge in [0.2, 0.25) is 0 Å². The number of hydrogen-bond acceptors (Lipinski definition) is 3. The van der Waals surface area contributed by atoms with E-state index in [-0.39, 0.29) is 0 Å². The third-order valence-corrected chi connectivity index (χ3v) is 7.01. The Balaban J connectivity index is 1.38. The van der Waals surface area contributed by atoms with Gasteiger partial charge >= 0.3 is 0 Å². The Morgan fingerprint density at radius 3 is 2.52 bits per heavy atom. The summed E-state index contributed by atoms with van der Waals surface area (Å²) in [6.45, 7) is 12.3. The Hall–Kier alpha value is -0.810. The molecule has 6 unspecified atom stereocenters. The van der Waals surface area contributed by atoms with Crippen LogP contribution in [0.15, 0.2) is 4.99 Å². The molecule has 142 valence electrons. The lowest BCUT2D eigenvalue weighted by Crippen LogP contribution is -2.46. The SMILES string of the molecule is CCNC(=NCC(C)N1CCCCC1C)N1CC2C3CCC(O3)C2C1. The number of hydrogen-bond donors (Lipinski definition) is 1. The number of piperidine rings is 1. The molecule has 1 N–H and O–H groups in total. The maximum absolute atomic E-state index is 6.12. The largest absolute Gasteiger partial charge is 0.374 e. The van der Waals surface area contributed by atoms with Crippen LogP contribution in [-0.2, 0) is 4.74 Å². The highest BCUT2D eigenvalue weighted by molar-refractivity contribution is 5.80. The number of fused-ring (bicyclic) bond motifs is 5. The standard InChI is InChI=1S/C20H36N4O/c1-4-21-20(22-11-15(3)24-10-6-5-7-14(24)2)23-12-16-17(13-23)19-9-8-18(16)25-19/h14-19H,4-13H2,1-3H3,(H,21,22). The minimum Gasteiger partial charge on any atom is -0.374 e. The number of rotatable bonds is 4. The van der Waals surface area contributed by atoms with Gasteiger partial charge in [0.1, 0.15) is 0 Å². The van der Waals surface area contributed by atoms with Crippen molar-refractivity contribution in [1.29, 1.82) is 0 Å². The van der Waals surface area contributed by atoms with Gasteiger partial charge in [-0.05, 0) is 53.0 Å². The molecule has 25 heavy (non-hydrogen) atoms. The zero-order valence-corrected chi connectivity index (χ0v) is 16.3. The first kappa shape index (κ1) is 17.6. The fourth-order valence-corrected chi connectivity index (χ4v) is 5.66. The highest BCUT2D eigenvalue weighted by Gasteiger charge is 2.53. The number of aliphatic imine (C=N–C) groups is 1. The van der Waals surface area contributed by atoms with Gasteiger partial charge in [0.05, 0.1) is 18.8 Å². The van der Waals surface area contributed by atoms with E-state index in [1.54, 1.807) is 0 Å². The average Bonchev–Trinajstić information content (AvgIpc) is 3.31. The molecule has 0 aliphatic carbocycles. The maximum Gasteiger partial charge on any atom is 0.193 e. The van der Waals surface area contributed by atoms with Crippen LogP contribution in [0.1, 0.15) is 52.9 Å². The summed E-state index contributed by atoms with van der Waals surface area (Å²) in [5.41, 5.74) is 0. The van der Waals surface area contributed by atoms with Crippen molar-refractivity contribution >= 4 is 5.96 Å². The van der Waals surface area contributed by atoms with E-state index in [2.05, 4.69) is 35.9 Å². The van der Waals surface area contributed by atoms with Crippen LogP contribution < -0.4 is 5.32 Å². The first-order chi connectivity index (χ1) is 12.2. The summed E-state index contributed by atoms with van der Waals surface area (Å²) in [5.74, 6) is 2.61. The molecule has 0 radical (unpaired) electrons. The molecule has 2 bridgehead atoms. The molecular weight excluding hydrogens is 312 g/mol. The lowest BCUT2D eigenvalue weighted by molar-refractivity contribution is 0.0766. The predicted molar refractivity (Wildman–Crippen MR) is 102 cm³/mol. The van der Waals surface area contributed by atoms with Crippen LogP contribution in [0.2, 0.25) is 0 Å². The van der Waals surface area contributed by atoms with Crippen molar-refractivity contribution in [3.8, 4) is 0 Å². The zero-order valence-electron chi connectivity index (χ0n) is 16.3. The van der Waals surface area contributed by atoms with Crippen LogP contribution in [-0.4, -0.2) is 72.8 Å². The topological polar surface area (TPSA) is 40.1 Å². The van der Waals surface area contributed by atoms with E-state index in [0.717, 1.165) is 44.0 Å². The summed E-state index contributed by atoms with van der Waals surface area (Å²) in [6.07, 6.45) is 7.67. The second kappa shape index (κ2) is 7.43. The number of guanidine groups is 1. The molecular formula is C20H36N4O. The Morgan fingerprint density at radius 2 is 1.88 bits per heavy atom. The van der Waals surface area contributed by atoms with Crippen molar-refractivity contribution < 1.29 is 4.74 Å². The monoisotopic (exact) mass is 348 g/mol. The van der Waals surface area contributed by atoms with E-state index in [4.69, 9.17) is 9.73 Å². The molecule has 4 fully saturated rings. The molecule has 4 heterocycles. The van der Waals surface area contributed by atoms with Crippen LogP contribution in [0.4, 0.5) is 0 Å². The lowest BCUT2D eigenvalue weighted by Gasteiger charge is -2.37. The number of likely N-dealkylation sites (tertiary alicyclic amines) is 2. The molecule has 0 spiro atoms. The number of nitrogens with zero attached hydrogens (tertiary/aromatic N) is 3. The molecule has 4 saturated heterocycles. The van der Waals surface area contributed by atoms with Gasteiger partial charge in [-0.3, -0.25) is 9.89 Å². The summed E-state index contributed by atoms with van der Waals surface area (Å²) in [5, 5.41) is 3.55. The van der Waals surface area contributed by atoms with Crippen LogP contribution >= 0.6 is 0 Å². The Bertz CT molecular complexity index is 478. The summed E-state index contributed by atoms with van der Waals surface area (Å²) in [6, 6.07) is 1.24. The molecule has 4 aliphatic rings. The highest BCUT2D eigenvalue weighted by atomic mass is 16.5. The van der Waals surface area contributed by atoms with E-state index in [1.165, 1.54) is 38.6 Å². The van der Waals surface area contributed by atoms with Gasteiger partial charge in [-0.2, -0.15) is 0 Å². The van der Waals surface area contributed by atoms with Gasteiger partial charge in [-0.1, -0.05) is 6.42 Å². The van der Waals surface area contributed by atoms with E-state index in [0.29, 0.717) is 24.3 Å². The second-order valence-corrected chi connectivity index (χ2v) is 8.65. The van der Waals surface area contributed by atoms with Crippen molar-refractivity contribution in [3.05, 3.63) is 0 Å². The summed E-state index contributed by atoms with van der Waals surface area (Å²) >= 11 is 0. The molecule has 6 atom stereocenters. The van der Waals surface area contributed by atoms with E-state index < -0.39 is 0 Å². The van der Waals surface area contributed by atoms with Gasteiger partial charge in [0.25, 0.3) is 0 Å². The van der Waals surface area contributed by atoms with Crippen LogP contribution in [0.5, 0.6) is 0 Å². The summed E-state index contributed by atoms with van der Waals surface area (Å²) in [4.78, 5) is 10.2. The van der Waals surface area contributed by atoms with Gasteiger partial charge in [0, 0.05) is 43.6 Å². The molecule has 5 heteroatoms. The fourth-order valence-electron chi connectivity index (χ4n) is 5.66. The Morgan fingerprint density at radius 1 is 1.16 bits per heavy atom. The number of ether oxygens (including phenoxy) is 1. The van der Waals surface area contributed by atoms with Crippen molar-refractivity contribution in [2.45, 2.75) is 77.2 Å². The molecule has 0 aromatic rings. The average molecular weight is 349 g/mol. The third-order valence-electron chi connectivity index (χ3n) is 7.01. The van der Waals surface area contributed by atoms with Gasteiger partial charge in [-0.15, -0.1) is 0 Å². The van der Waals surface area contributed by atoms with Crippen LogP contribution in [0.25, 0.3) is 0 Å². The second-order valence-electron chi connectivity index (χ2n) is 8.65. The third kappa shape index (κ3) is 3.42. The maximum atomic E-state index is 6.12. The molecule has 4 rings (SSSR count). The van der Waals surface area contributed by atoms with Crippen molar-refractivity contribution in [3.63, 3.8) is 0 Å². The van der Waals surface area contributed by atoms with Crippen molar-refractivity contribution in [1.82, 2.24) is 15.1 Å². The normalized spacial score (nSPS) is 39.7. The predicted octanol–water partition coefficient (Wildman–Crippen LogP) is 2.32. The minimum atomic E-state index is 0.524. The Labute approximate surface area is 153 Å². The first-order valence-corrected chi connectivity index (χ1v) is 10.6. The number of nitrogens with one attached hydrogen (secondary N) is 1. The highest BCUT2D eigenvalue weighted by Crippen LogP contribution is 2.47. The first-order valence-electron chi connectivity index (χ1n) is 10.6.